The zero-order chi connectivity index (χ0) is 36.1. The van der Waals surface area contributed by atoms with E-state index in [2.05, 4.69) is 75.0 Å². The van der Waals surface area contributed by atoms with E-state index in [0.717, 1.165) is 67.2 Å². The molecule has 2 aromatic carbocycles. The molecule has 3 heterocycles. The number of carbonyl (C=O) groups is 3. The average Bonchev–Trinajstić information content (AvgIpc) is 3.80. The maximum atomic E-state index is 15.0. The Balaban J connectivity index is 1.29. The zero-order valence-corrected chi connectivity index (χ0v) is 30.9. The van der Waals surface area contributed by atoms with Crippen LogP contribution >= 0.6 is 0 Å². The number of nitrogens with zero attached hydrogens (tertiary/aromatic N) is 4. The molecule has 2 fully saturated rings. The van der Waals surface area contributed by atoms with Crippen LogP contribution in [0, 0.1) is 5.92 Å². The van der Waals surface area contributed by atoms with Crippen molar-refractivity contribution in [2.75, 3.05) is 33.9 Å². The summed E-state index contributed by atoms with van der Waals surface area (Å²) in [5.74, 6) is -0.552. The van der Waals surface area contributed by atoms with Crippen molar-refractivity contribution >= 4 is 39.8 Å². The van der Waals surface area contributed by atoms with Crippen LogP contribution in [0.15, 0.2) is 60.9 Å². The van der Waals surface area contributed by atoms with Gasteiger partial charge in [-0.3, -0.25) is 9.59 Å². The minimum Gasteiger partial charge on any atom is -0.469 e. The first kappa shape index (κ1) is 36.5. The topological polar surface area (TPSA) is 95.2 Å². The lowest BCUT2D eigenvalue weighted by Crippen LogP contribution is -2.51. The number of hydrogen-bond donors (Lipinski definition) is 0. The van der Waals surface area contributed by atoms with Gasteiger partial charge in [-0.1, -0.05) is 30.3 Å². The maximum Gasteiger partial charge on any atom is 0.410 e. The average molecular weight is 699 g/mol. The number of amides is 2. The van der Waals surface area contributed by atoms with Crippen molar-refractivity contribution in [2.45, 2.75) is 103 Å². The van der Waals surface area contributed by atoms with Gasteiger partial charge in [0.1, 0.15) is 5.60 Å². The van der Waals surface area contributed by atoms with Crippen molar-refractivity contribution in [3.05, 3.63) is 72.1 Å². The van der Waals surface area contributed by atoms with Crippen LogP contribution < -0.4 is 0 Å². The predicted molar refractivity (Wildman–Crippen MR) is 198 cm³/mol. The summed E-state index contributed by atoms with van der Waals surface area (Å²) in [6.45, 7) is 9.32. The van der Waals surface area contributed by atoms with E-state index in [1.54, 1.807) is 12.0 Å². The molecule has 274 valence electrons. The minimum atomic E-state index is -0.627. The largest absolute Gasteiger partial charge is 0.469 e. The number of piperidine rings is 1. The zero-order valence-electron chi connectivity index (χ0n) is 30.9. The fraction of sp³-hybridized carbons (Fsp3) is 0.537. The Morgan fingerprint density at radius 3 is 2.43 bits per heavy atom. The maximum absolute atomic E-state index is 15.0. The van der Waals surface area contributed by atoms with E-state index in [-0.39, 0.29) is 29.9 Å². The molecule has 6 rings (SSSR count). The highest BCUT2D eigenvalue weighted by atomic mass is 16.6. The first-order valence-electron chi connectivity index (χ1n) is 18.6. The van der Waals surface area contributed by atoms with Crippen molar-refractivity contribution in [3.63, 3.8) is 0 Å². The molecule has 1 aliphatic heterocycles. The van der Waals surface area contributed by atoms with E-state index in [1.807, 2.05) is 20.8 Å². The van der Waals surface area contributed by atoms with Crippen LogP contribution in [-0.2, 0) is 43.4 Å². The number of aromatic nitrogens is 2. The van der Waals surface area contributed by atoms with Gasteiger partial charge in [0.15, 0.2) is 0 Å². The van der Waals surface area contributed by atoms with Gasteiger partial charge < -0.3 is 33.1 Å². The third kappa shape index (κ3) is 8.78. The monoisotopic (exact) mass is 698 g/mol. The molecular weight excluding hydrogens is 644 g/mol. The number of esters is 1. The minimum absolute atomic E-state index is 0.0557. The molecule has 2 amide bonds. The first-order valence-corrected chi connectivity index (χ1v) is 18.6. The summed E-state index contributed by atoms with van der Waals surface area (Å²) in [5, 5.41) is 2.31. The number of hydrogen-bond acceptors (Lipinski definition) is 6. The van der Waals surface area contributed by atoms with Crippen LogP contribution in [0.1, 0.15) is 82.8 Å². The van der Waals surface area contributed by atoms with Gasteiger partial charge in [0, 0.05) is 87.7 Å². The van der Waals surface area contributed by atoms with Gasteiger partial charge in [0.25, 0.3) is 0 Å². The number of unbranched alkanes of at least 4 members (excludes halogenated alkanes) is 1. The van der Waals surface area contributed by atoms with Crippen LogP contribution in [0.2, 0.25) is 0 Å². The summed E-state index contributed by atoms with van der Waals surface area (Å²) in [5.41, 5.74) is 3.92. The van der Waals surface area contributed by atoms with Gasteiger partial charge in [-0.25, -0.2) is 4.79 Å². The van der Waals surface area contributed by atoms with Gasteiger partial charge in [0.05, 0.1) is 13.0 Å². The lowest BCUT2D eigenvalue weighted by Gasteiger charge is -2.40. The standard InChI is InChI=1S/C41H54N4O6/c1-41(2,3)51-40(48)44-23-19-33(30-15-14-29-18-22-42(37(29)25-30)20-9-8-13-38(46)50-5)35(28-44)39(47)45(32-16-17-32)27-31-26-43(21-10-24-49-4)36-12-7-6-11-34(31)36/h6-7,11-12,14-15,18,22,25-26,32-33,35H,8-10,13,16-17,19-21,23-24,27-28H2,1-5H3/t33-,35+/m1/s1. The Hall–Kier alpha value is -4.31. The van der Waals surface area contributed by atoms with Crippen LogP contribution in [0.5, 0.6) is 0 Å². The lowest BCUT2D eigenvalue weighted by atomic mass is 9.79. The van der Waals surface area contributed by atoms with Crippen LogP contribution in [0.25, 0.3) is 21.8 Å². The Morgan fingerprint density at radius 1 is 0.902 bits per heavy atom. The van der Waals surface area contributed by atoms with E-state index in [9.17, 15) is 14.4 Å². The fourth-order valence-corrected chi connectivity index (χ4v) is 7.56. The molecule has 4 aromatic rings. The molecule has 0 radical (unpaired) electrons. The van der Waals surface area contributed by atoms with Gasteiger partial charge >= 0.3 is 12.1 Å². The SMILES string of the molecule is COCCCn1cc(CN(C(=O)[C@H]2CN(C(=O)OC(C)(C)C)CC[C@@H]2c2ccc3ccn(CCCCC(=O)OC)c3c2)C2CC2)c2ccccc21. The molecule has 1 saturated carbocycles. The lowest BCUT2D eigenvalue weighted by molar-refractivity contribution is -0.141. The molecule has 2 atom stereocenters. The number of methoxy groups -OCH3 is 2. The van der Waals surface area contributed by atoms with Gasteiger partial charge in [0.2, 0.25) is 5.91 Å². The molecule has 10 nitrogen and oxygen atoms in total. The highest BCUT2D eigenvalue weighted by Gasteiger charge is 2.43. The van der Waals surface area contributed by atoms with Crippen LogP contribution in [0.4, 0.5) is 4.79 Å². The fourth-order valence-electron chi connectivity index (χ4n) is 7.56. The predicted octanol–water partition coefficient (Wildman–Crippen LogP) is 7.51. The van der Waals surface area contributed by atoms with Gasteiger partial charge in [-0.2, -0.15) is 0 Å². The number of carbonyl (C=O) groups excluding carboxylic acids is 3. The molecule has 10 heteroatoms. The summed E-state index contributed by atoms with van der Waals surface area (Å²) >= 11 is 0. The normalized spacial score (nSPS) is 17.9. The summed E-state index contributed by atoms with van der Waals surface area (Å²) in [6.07, 6.45) is 9.51. The molecule has 2 aromatic heterocycles. The molecular formula is C41H54N4O6. The Kier molecular flexibility index (Phi) is 11.4. The van der Waals surface area contributed by atoms with Crippen molar-refractivity contribution < 1.29 is 28.6 Å². The van der Waals surface area contributed by atoms with E-state index in [1.165, 1.54) is 18.0 Å². The van der Waals surface area contributed by atoms with Crippen molar-refractivity contribution in [2.24, 2.45) is 5.92 Å². The van der Waals surface area contributed by atoms with Gasteiger partial charge in [-0.05, 0) is 99.9 Å². The third-order valence-corrected chi connectivity index (χ3v) is 10.3. The quantitative estimate of drug-likeness (QED) is 0.100. The van der Waals surface area contributed by atoms with E-state index < -0.39 is 11.5 Å². The summed E-state index contributed by atoms with van der Waals surface area (Å²) < 4.78 is 20.5. The first-order chi connectivity index (χ1) is 24.6. The second-order valence-electron chi connectivity index (χ2n) is 15.2. The van der Waals surface area contributed by atoms with Gasteiger partial charge in [-0.15, -0.1) is 0 Å². The summed E-state index contributed by atoms with van der Waals surface area (Å²) in [6, 6.07) is 17.3. The van der Waals surface area contributed by atoms with E-state index in [0.29, 0.717) is 39.1 Å². The highest BCUT2D eigenvalue weighted by Crippen LogP contribution is 2.40. The van der Waals surface area contributed by atoms with Crippen LogP contribution in [0.3, 0.4) is 0 Å². The number of likely N-dealkylation sites (tertiary alicyclic amines) is 1. The Bertz CT molecular complexity index is 1830. The number of para-hydroxylation sites is 1. The third-order valence-electron chi connectivity index (χ3n) is 10.3. The molecule has 1 saturated heterocycles. The molecule has 0 spiro atoms. The molecule has 0 N–H and O–H groups in total. The van der Waals surface area contributed by atoms with Crippen molar-refractivity contribution in [1.29, 1.82) is 0 Å². The number of fused-ring (bicyclic) bond motifs is 2. The summed E-state index contributed by atoms with van der Waals surface area (Å²) in [7, 11) is 3.15. The molecule has 1 aliphatic carbocycles. The second-order valence-corrected chi connectivity index (χ2v) is 15.2. The van der Waals surface area contributed by atoms with E-state index >= 15 is 0 Å². The highest BCUT2D eigenvalue weighted by molar-refractivity contribution is 5.86. The number of benzene rings is 2. The molecule has 51 heavy (non-hydrogen) atoms. The second kappa shape index (κ2) is 15.9. The molecule has 0 unspecified atom stereocenters. The molecule has 0 bridgehead atoms. The smallest absolute Gasteiger partial charge is 0.410 e. The Labute approximate surface area is 301 Å². The van der Waals surface area contributed by atoms with Crippen LogP contribution in [-0.4, -0.2) is 82.5 Å². The number of aryl methyl sites for hydroxylation is 2. The van der Waals surface area contributed by atoms with Crippen molar-refractivity contribution in [1.82, 2.24) is 18.9 Å². The van der Waals surface area contributed by atoms with E-state index in [4.69, 9.17) is 14.2 Å². The summed E-state index contributed by atoms with van der Waals surface area (Å²) in [4.78, 5) is 43.8. The van der Waals surface area contributed by atoms with Crippen molar-refractivity contribution in [3.8, 4) is 0 Å². The number of ether oxygens (including phenoxy) is 3. The Morgan fingerprint density at radius 2 is 1.69 bits per heavy atom. The number of rotatable bonds is 14. The molecule has 2 aliphatic rings.